The molecule has 5 N–H and O–H groups in total. The van der Waals surface area contributed by atoms with E-state index < -0.39 is 59.4 Å². The molecule has 1 aliphatic heterocycles. The van der Waals surface area contributed by atoms with E-state index in [1.165, 1.54) is 66.8 Å². The van der Waals surface area contributed by atoms with Crippen molar-refractivity contribution >= 4 is 26.6 Å². The van der Waals surface area contributed by atoms with Crippen LogP contribution in [0.2, 0.25) is 0 Å². The summed E-state index contributed by atoms with van der Waals surface area (Å²) in [6.07, 6.45) is 0.447. The van der Waals surface area contributed by atoms with Crippen molar-refractivity contribution in [2.75, 3.05) is 20.3 Å². The van der Waals surface area contributed by atoms with Crippen molar-refractivity contribution in [1.82, 2.24) is 19.9 Å². The number of pyridine rings is 1. The van der Waals surface area contributed by atoms with Crippen LogP contribution in [0.15, 0.2) is 77.2 Å². The Hall–Kier alpha value is -3.92. The van der Waals surface area contributed by atoms with Crippen LogP contribution in [-0.4, -0.2) is 100 Å². The van der Waals surface area contributed by atoms with Crippen LogP contribution in [0.25, 0.3) is 16.6 Å². The van der Waals surface area contributed by atoms with E-state index in [9.17, 15) is 33.6 Å². The maximum absolute atomic E-state index is 13.8. The van der Waals surface area contributed by atoms with Crippen molar-refractivity contribution in [2.45, 2.75) is 40.2 Å². The predicted molar refractivity (Wildman–Crippen MR) is 143 cm³/mol. The Morgan fingerprint density at radius 2 is 1.80 bits per heavy atom. The van der Waals surface area contributed by atoms with Gasteiger partial charge in [0.15, 0.2) is 0 Å². The van der Waals surface area contributed by atoms with Gasteiger partial charge in [0.2, 0.25) is 9.84 Å². The third-order valence-electron chi connectivity index (χ3n) is 7.00. The molecule has 0 spiro atoms. The lowest BCUT2D eigenvalue weighted by atomic mass is 9.92. The quantitative estimate of drug-likeness (QED) is 0.185. The average molecular weight is 585 g/mol. The fourth-order valence-electron chi connectivity index (χ4n) is 4.80. The van der Waals surface area contributed by atoms with Gasteiger partial charge in [0.1, 0.15) is 35.1 Å². The van der Waals surface area contributed by atoms with Crippen molar-refractivity contribution in [3.8, 4) is 11.4 Å². The number of methoxy groups -OCH3 is 1. The Kier molecular flexibility index (Phi) is 8.04. The van der Waals surface area contributed by atoms with Crippen LogP contribution in [0.4, 0.5) is 0 Å². The molecule has 1 amide bonds. The largest absolute Gasteiger partial charge is 0.497 e. The van der Waals surface area contributed by atoms with E-state index in [0.717, 1.165) is 0 Å². The highest BCUT2D eigenvalue weighted by Crippen LogP contribution is 2.33. The molecule has 1 fully saturated rings. The van der Waals surface area contributed by atoms with E-state index >= 15 is 0 Å². The second-order valence-electron chi connectivity index (χ2n) is 9.41. The lowest BCUT2D eigenvalue weighted by Gasteiger charge is -2.42. The van der Waals surface area contributed by atoms with Gasteiger partial charge >= 0.3 is 0 Å². The maximum atomic E-state index is 13.8. The van der Waals surface area contributed by atoms with Gasteiger partial charge in [-0.05, 0) is 42.5 Å². The zero-order chi connectivity index (χ0) is 29.3. The summed E-state index contributed by atoms with van der Waals surface area (Å²) in [6, 6.07) is 9.17. The molecule has 2 aromatic heterocycles. The second-order valence-corrected chi connectivity index (χ2v) is 11.3. The fraction of sp³-hybridized carbons (Fsp3) is 0.296. The Morgan fingerprint density at radius 3 is 2.44 bits per heavy atom. The van der Waals surface area contributed by atoms with E-state index in [4.69, 9.17) is 9.47 Å². The van der Waals surface area contributed by atoms with Crippen molar-refractivity contribution in [1.29, 1.82) is 0 Å². The van der Waals surface area contributed by atoms with Crippen molar-refractivity contribution in [3.05, 3.63) is 72.9 Å². The van der Waals surface area contributed by atoms with Gasteiger partial charge in [-0.25, -0.2) is 13.4 Å². The first-order valence-corrected chi connectivity index (χ1v) is 14.0. The number of hydrogen-bond acceptors (Lipinski definition) is 11. The van der Waals surface area contributed by atoms with Crippen LogP contribution in [0.5, 0.6) is 5.75 Å². The van der Waals surface area contributed by atoms with Gasteiger partial charge in [-0.2, -0.15) is 0 Å². The molecule has 5 unspecified atom stereocenters. The topological polar surface area (TPSA) is 193 Å². The molecule has 5 atom stereocenters. The molecule has 13 nitrogen and oxygen atoms in total. The van der Waals surface area contributed by atoms with Crippen LogP contribution < -0.4 is 10.1 Å². The molecule has 41 heavy (non-hydrogen) atoms. The molecule has 14 heteroatoms. The van der Waals surface area contributed by atoms with E-state index in [1.54, 1.807) is 12.3 Å². The summed E-state index contributed by atoms with van der Waals surface area (Å²) >= 11 is 0. The van der Waals surface area contributed by atoms with Gasteiger partial charge in [-0.15, -0.1) is 0 Å². The lowest BCUT2D eigenvalue weighted by molar-refractivity contribution is -0.200. The summed E-state index contributed by atoms with van der Waals surface area (Å²) < 4.78 is 39.6. The molecular weight excluding hydrogens is 556 g/mol. The van der Waals surface area contributed by atoms with Crippen LogP contribution in [-0.2, 0) is 14.6 Å². The average Bonchev–Trinajstić information content (AvgIpc) is 3.53. The minimum atomic E-state index is -4.09. The standard InChI is InChI=1S/C27H28N4O9S/c1-39-16-3-5-17(6-4-16)41(37,38)22-11-29-19-7-2-15(10-18(19)24(22)31-9-8-28-14-31)27(36)30-23-20(12-32)40-21(13-33)25(34)26(23)35/h2-11,14,20-21,23,25-26,32-35H,12-13H2,1H3,(H,30,36). The van der Waals surface area contributed by atoms with E-state index in [1.807, 2.05) is 0 Å². The number of carbonyl (C=O) groups excluding carboxylic acids is 1. The van der Waals surface area contributed by atoms with Gasteiger partial charge < -0.3 is 39.8 Å². The number of carbonyl (C=O) groups is 1. The molecule has 4 aromatic rings. The molecule has 1 saturated heterocycles. The van der Waals surface area contributed by atoms with Gasteiger partial charge in [0, 0.05) is 29.5 Å². The lowest BCUT2D eigenvalue weighted by Crippen LogP contribution is -2.65. The van der Waals surface area contributed by atoms with Crippen molar-refractivity contribution in [3.63, 3.8) is 0 Å². The Morgan fingerprint density at radius 1 is 1.07 bits per heavy atom. The highest BCUT2D eigenvalue weighted by Gasteiger charge is 2.44. The van der Waals surface area contributed by atoms with Gasteiger partial charge in [-0.3, -0.25) is 9.78 Å². The molecule has 216 valence electrons. The summed E-state index contributed by atoms with van der Waals surface area (Å²) in [5.74, 6) is -0.199. The number of amides is 1. The van der Waals surface area contributed by atoms with Crippen molar-refractivity contribution < 1.29 is 43.1 Å². The number of sulfone groups is 1. The number of rotatable bonds is 8. The molecule has 0 radical (unpaired) electrons. The molecule has 1 aliphatic rings. The number of hydrogen-bond donors (Lipinski definition) is 5. The smallest absolute Gasteiger partial charge is 0.251 e. The van der Waals surface area contributed by atoms with E-state index in [-0.39, 0.29) is 21.0 Å². The van der Waals surface area contributed by atoms with Crippen LogP contribution >= 0.6 is 0 Å². The normalized spacial score (nSPS) is 22.9. The van der Waals surface area contributed by atoms with Gasteiger partial charge in [0.25, 0.3) is 5.91 Å². The molecular formula is C27H28N4O9S. The zero-order valence-electron chi connectivity index (χ0n) is 21.7. The SMILES string of the molecule is COc1ccc(S(=O)(=O)c2cnc3ccc(C(=O)NC4C(CO)OC(CO)C(O)C4O)cc3c2-n2ccnc2)cc1. The third-order valence-corrected chi connectivity index (χ3v) is 8.77. The molecule has 0 bridgehead atoms. The second kappa shape index (κ2) is 11.5. The summed E-state index contributed by atoms with van der Waals surface area (Å²) in [4.78, 5) is 21.6. The minimum absolute atomic E-state index is 0.00999. The molecule has 5 rings (SSSR count). The van der Waals surface area contributed by atoms with Gasteiger partial charge in [0.05, 0.1) is 48.8 Å². The summed E-state index contributed by atoms with van der Waals surface area (Å²) in [6.45, 7) is -1.18. The third kappa shape index (κ3) is 5.28. The van der Waals surface area contributed by atoms with Crippen LogP contribution in [0, 0.1) is 0 Å². The molecule has 2 aromatic carbocycles. The number of fused-ring (bicyclic) bond motifs is 1. The number of imidazole rings is 1. The molecule has 0 aliphatic carbocycles. The zero-order valence-corrected chi connectivity index (χ0v) is 22.5. The van der Waals surface area contributed by atoms with E-state index in [2.05, 4.69) is 15.3 Å². The highest BCUT2D eigenvalue weighted by atomic mass is 32.2. The number of ether oxygens (including phenoxy) is 2. The van der Waals surface area contributed by atoms with Gasteiger partial charge in [-0.1, -0.05) is 0 Å². The number of nitrogens with one attached hydrogen (secondary N) is 1. The van der Waals surface area contributed by atoms with Crippen molar-refractivity contribution in [2.24, 2.45) is 0 Å². The number of nitrogens with zero attached hydrogens (tertiary/aromatic N) is 3. The van der Waals surface area contributed by atoms with E-state index in [0.29, 0.717) is 16.7 Å². The Bertz CT molecular complexity index is 1640. The summed E-state index contributed by atoms with van der Waals surface area (Å²) in [5.41, 5.74) is 0.699. The number of aliphatic hydroxyl groups is 4. The first-order valence-electron chi connectivity index (χ1n) is 12.5. The fourth-order valence-corrected chi connectivity index (χ4v) is 6.21. The van der Waals surface area contributed by atoms with Crippen LogP contribution in [0.1, 0.15) is 10.4 Å². The summed E-state index contributed by atoms with van der Waals surface area (Å²) in [5, 5.41) is 42.9. The predicted octanol–water partition coefficient (Wildman–Crippen LogP) is -0.166. The molecule has 3 heterocycles. The van der Waals surface area contributed by atoms with Crippen LogP contribution in [0.3, 0.4) is 0 Å². The number of aromatic nitrogens is 3. The summed E-state index contributed by atoms with van der Waals surface area (Å²) in [7, 11) is -2.62. The maximum Gasteiger partial charge on any atom is 0.251 e. The first-order chi connectivity index (χ1) is 19.7. The monoisotopic (exact) mass is 584 g/mol. The highest BCUT2D eigenvalue weighted by molar-refractivity contribution is 7.91. The Labute approximate surface area is 234 Å². The first kappa shape index (κ1) is 28.6. The minimum Gasteiger partial charge on any atom is -0.497 e. The Balaban J connectivity index is 1.57. The number of benzene rings is 2. The molecule has 0 saturated carbocycles. The number of aliphatic hydroxyl groups excluding tert-OH is 4.